The predicted molar refractivity (Wildman–Crippen MR) is 118 cm³/mol. The largest absolute Gasteiger partial charge is 0.451 e. The van der Waals surface area contributed by atoms with Crippen molar-refractivity contribution in [1.29, 1.82) is 0 Å². The molecule has 37 heavy (non-hydrogen) atoms. The maximum absolute atomic E-state index is 14.5. The van der Waals surface area contributed by atoms with Crippen LogP contribution < -0.4 is 5.32 Å². The van der Waals surface area contributed by atoms with E-state index in [1.807, 2.05) is 0 Å². The number of halogens is 5. The fourth-order valence-corrected chi connectivity index (χ4v) is 5.67. The van der Waals surface area contributed by atoms with Gasteiger partial charge in [0.25, 0.3) is 0 Å². The predicted octanol–water partition coefficient (Wildman–Crippen LogP) is 2.90. The second kappa shape index (κ2) is 10.0. The SMILES string of the molecule is C[C@H]1[C@H](F)C[C@@H](C(=O)NCc2cc(-c3cnc(C(F)(F)F)nc3)ncc2F)N1S(=O)(=O)c1ccncc1. The lowest BCUT2D eigenvalue weighted by molar-refractivity contribution is -0.145. The number of carbonyl (C=O) groups is 1. The summed E-state index contributed by atoms with van der Waals surface area (Å²) in [5, 5.41) is 2.41. The molecule has 0 aromatic carbocycles. The second-order valence-electron chi connectivity index (χ2n) is 8.20. The van der Waals surface area contributed by atoms with Crippen molar-refractivity contribution in [2.75, 3.05) is 0 Å². The van der Waals surface area contributed by atoms with Crippen molar-refractivity contribution in [2.24, 2.45) is 0 Å². The molecule has 9 nitrogen and oxygen atoms in total. The lowest BCUT2D eigenvalue weighted by Crippen LogP contribution is -2.48. The van der Waals surface area contributed by atoms with Crippen LogP contribution in [0, 0.1) is 5.82 Å². The second-order valence-corrected chi connectivity index (χ2v) is 10.0. The van der Waals surface area contributed by atoms with Gasteiger partial charge in [-0.2, -0.15) is 17.5 Å². The zero-order valence-electron chi connectivity index (χ0n) is 19.0. The van der Waals surface area contributed by atoms with Crippen LogP contribution in [0.15, 0.2) is 54.1 Å². The quantitative estimate of drug-likeness (QED) is 0.476. The maximum atomic E-state index is 14.5. The molecule has 196 valence electrons. The Hall–Kier alpha value is -3.59. The van der Waals surface area contributed by atoms with Crippen LogP contribution in [0.4, 0.5) is 22.0 Å². The minimum atomic E-state index is -4.74. The van der Waals surface area contributed by atoms with E-state index in [1.54, 1.807) is 0 Å². The number of rotatable bonds is 6. The fraction of sp³-hybridized carbons (Fsp3) is 0.318. The van der Waals surface area contributed by atoms with Gasteiger partial charge < -0.3 is 5.32 Å². The van der Waals surface area contributed by atoms with Gasteiger partial charge in [-0.25, -0.2) is 27.2 Å². The van der Waals surface area contributed by atoms with Gasteiger partial charge in [-0.15, -0.1) is 0 Å². The first-order valence-electron chi connectivity index (χ1n) is 10.8. The molecule has 3 aromatic heterocycles. The number of sulfonamides is 1. The molecule has 1 amide bonds. The Morgan fingerprint density at radius 3 is 2.41 bits per heavy atom. The zero-order chi connectivity index (χ0) is 27.0. The lowest BCUT2D eigenvalue weighted by atomic mass is 10.1. The number of pyridine rings is 2. The molecule has 3 aromatic rings. The molecule has 0 aliphatic carbocycles. The van der Waals surface area contributed by atoms with Crippen LogP contribution in [0.25, 0.3) is 11.3 Å². The Bertz CT molecular complexity index is 1390. The molecule has 0 radical (unpaired) electrons. The number of carbonyl (C=O) groups excluding carboxylic acids is 1. The summed E-state index contributed by atoms with van der Waals surface area (Å²) in [5.41, 5.74) is 0.0179. The molecule has 1 aliphatic heterocycles. The maximum Gasteiger partial charge on any atom is 0.451 e. The molecule has 0 bridgehead atoms. The van der Waals surface area contributed by atoms with Gasteiger partial charge in [0.05, 0.1) is 22.8 Å². The third kappa shape index (κ3) is 5.41. The smallest absolute Gasteiger partial charge is 0.351 e. The van der Waals surface area contributed by atoms with Gasteiger partial charge in [0.15, 0.2) is 0 Å². The van der Waals surface area contributed by atoms with Crippen molar-refractivity contribution in [3.05, 3.63) is 66.4 Å². The number of aromatic nitrogens is 4. The minimum absolute atomic E-state index is 0.0413. The average Bonchev–Trinajstić information content (AvgIpc) is 3.18. The van der Waals surface area contributed by atoms with Crippen LogP contribution in [0.3, 0.4) is 0 Å². The molecule has 1 aliphatic rings. The summed E-state index contributed by atoms with van der Waals surface area (Å²) in [6.07, 6.45) is -1.69. The third-order valence-corrected chi connectivity index (χ3v) is 7.81. The fourth-order valence-electron chi connectivity index (χ4n) is 3.88. The van der Waals surface area contributed by atoms with E-state index in [9.17, 15) is 35.2 Å². The minimum Gasteiger partial charge on any atom is -0.351 e. The number of hydrogen-bond acceptors (Lipinski definition) is 7. The van der Waals surface area contributed by atoms with Gasteiger partial charge in [-0.3, -0.25) is 14.8 Å². The highest BCUT2D eigenvalue weighted by Gasteiger charge is 2.49. The first-order chi connectivity index (χ1) is 17.4. The molecule has 1 N–H and O–H groups in total. The van der Waals surface area contributed by atoms with E-state index >= 15 is 0 Å². The number of hydrogen-bond donors (Lipinski definition) is 1. The molecule has 1 fully saturated rings. The Kier molecular flexibility index (Phi) is 7.19. The third-order valence-electron chi connectivity index (χ3n) is 5.80. The Morgan fingerprint density at radius 1 is 1.14 bits per heavy atom. The monoisotopic (exact) mass is 542 g/mol. The standard InChI is InChI=1S/C22H19F5N6O3S/c1-12-16(23)7-19(33(12)37(35,36)15-2-4-28-5-3-15)20(34)30-8-13-6-18(29-11-17(13)24)14-9-31-21(32-10-14)22(25,26)27/h2-6,9-12,16,19H,7-8H2,1H3,(H,30,34)/t12-,16+,19-/m0/s1. The van der Waals surface area contributed by atoms with Crippen molar-refractivity contribution >= 4 is 15.9 Å². The summed E-state index contributed by atoms with van der Waals surface area (Å²) in [5.74, 6) is -3.03. The summed E-state index contributed by atoms with van der Waals surface area (Å²) in [6, 6.07) is 1.11. The normalized spacial score (nSPS) is 20.6. The van der Waals surface area contributed by atoms with Crippen LogP contribution in [0.2, 0.25) is 0 Å². The highest BCUT2D eigenvalue weighted by atomic mass is 32.2. The van der Waals surface area contributed by atoms with Crippen molar-refractivity contribution in [3.63, 3.8) is 0 Å². The van der Waals surface area contributed by atoms with Crippen LogP contribution in [-0.2, 0) is 27.5 Å². The first-order valence-corrected chi connectivity index (χ1v) is 12.2. The number of amides is 1. The summed E-state index contributed by atoms with van der Waals surface area (Å²) < 4.78 is 94.0. The summed E-state index contributed by atoms with van der Waals surface area (Å²) in [6.45, 7) is 0.921. The molecule has 4 heterocycles. The topological polar surface area (TPSA) is 118 Å². The van der Waals surface area contributed by atoms with E-state index in [-0.39, 0.29) is 21.7 Å². The Balaban J connectivity index is 1.53. The van der Waals surface area contributed by atoms with E-state index < -0.39 is 65.0 Å². The molecular weight excluding hydrogens is 523 g/mol. The molecule has 4 rings (SSSR count). The number of nitrogens with one attached hydrogen (secondary N) is 1. The van der Waals surface area contributed by atoms with E-state index in [0.29, 0.717) is 0 Å². The molecule has 1 saturated heterocycles. The number of alkyl halides is 4. The molecular formula is C22H19F5N6O3S. The van der Waals surface area contributed by atoms with Crippen LogP contribution in [-0.4, -0.2) is 56.8 Å². The van der Waals surface area contributed by atoms with Crippen molar-refractivity contribution in [3.8, 4) is 11.3 Å². The summed E-state index contributed by atoms with van der Waals surface area (Å²) >= 11 is 0. The van der Waals surface area contributed by atoms with E-state index in [0.717, 1.165) is 22.9 Å². The molecule has 0 unspecified atom stereocenters. The van der Waals surface area contributed by atoms with Crippen molar-refractivity contribution < 1.29 is 35.2 Å². The molecule has 15 heteroatoms. The first kappa shape index (κ1) is 26.5. The van der Waals surface area contributed by atoms with Crippen molar-refractivity contribution in [2.45, 2.75) is 49.2 Å². The van der Waals surface area contributed by atoms with Gasteiger partial charge in [-0.1, -0.05) is 0 Å². The Labute approximate surface area is 207 Å². The van der Waals surface area contributed by atoms with Gasteiger partial charge in [0, 0.05) is 48.9 Å². The highest BCUT2D eigenvalue weighted by Crippen LogP contribution is 2.33. The van der Waals surface area contributed by atoms with Crippen LogP contribution in [0.5, 0.6) is 0 Å². The summed E-state index contributed by atoms with van der Waals surface area (Å²) in [7, 11) is -4.25. The molecule has 0 saturated carbocycles. The summed E-state index contributed by atoms with van der Waals surface area (Å²) in [4.78, 5) is 26.8. The van der Waals surface area contributed by atoms with Gasteiger partial charge in [-0.05, 0) is 25.1 Å². The number of nitrogens with zero attached hydrogens (tertiary/aromatic N) is 5. The highest BCUT2D eigenvalue weighted by molar-refractivity contribution is 7.89. The van der Waals surface area contributed by atoms with E-state index in [4.69, 9.17) is 0 Å². The zero-order valence-corrected chi connectivity index (χ0v) is 19.8. The van der Waals surface area contributed by atoms with Crippen LogP contribution in [0.1, 0.15) is 24.7 Å². The van der Waals surface area contributed by atoms with Gasteiger partial charge in [0.1, 0.15) is 18.0 Å². The van der Waals surface area contributed by atoms with Gasteiger partial charge >= 0.3 is 6.18 Å². The van der Waals surface area contributed by atoms with Crippen LogP contribution >= 0.6 is 0 Å². The van der Waals surface area contributed by atoms with E-state index in [2.05, 4.69) is 25.3 Å². The lowest BCUT2D eigenvalue weighted by Gasteiger charge is -2.26. The average molecular weight is 542 g/mol. The Morgan fingerprint density at radius 2 is 1.78 bits per heavy atom. The molecule has 0 spiro atoms. The molecule has 3 atom stereocenters. The van der Waals surface area contributed by atoms with Gasteiger partial charge in [0.2, 0.25) is 21.8 Å². The van der Waals surface area contributed by atoms with Crippen molar-refractivity contribution in [1.82, 2.24) is 29.6 Å². The van der Waals surface area contributed by atoms with E-state index in [1.165, 1.54) is 37.5 Å².